The highest BCUT2D eigenvalue weighted by atomic mass is 35.5. The molecule has 7 nitrogen and oxygen atoms in total. The standard InChI is InChI=1S/C30H35Cl2N3O4S/c1-21-10-9-13-24(16-21)35(40(5,38)39)20-28(36)34(19-23-14-15-25(31)26(32)17-23)27(29(37)33-30(2,3)4)18-22-11-7-6-8-12-22/h6-17,27H,18-20H2,1-5H3,(H,33,37)/t27-/m1/s1. The highest BCUT2D eigenvalue weighted by Crippen LogP contribution is 2.25. The van der Waals surface area contributed by atoms with Gasteiger partial charge in [0, 0.05) is 18.5 Å². The van der Waals surface area contributed by atoms with Gasteiger partial charge in [0.2, 0.25) is 21.8 Å². The van der Waals surface area contributed by atoms with E-state index in [2.05, 4.69) is 5.32 Å². The molecule has 0 aromatic heterocycles. The summed E-state index contributed by atoms with van der Waals surface area (Å²) in [5.74, 6) is -0.894. The van der Waals surface area contributed by atoms with Gasteiger partial charge in [0.15, 0.2) is 0 Å². The minimum atomic E-state index is -3.84. The van der Waals surface area contributed by atoms with E-state index >= 15 is 0 Å². The van der Waals surface area contributed by atoms with Crippen LogP contribution in [-0.2, 0) is 32.6 Å². The smallest absolute Gasteiger partial charge is 0.244 e. The number of nitrogens with zero attached hydrogens (tertiary/aromatic N) is 2. The van der Waals surface area contributed by atoms with Gasteiger partial charge in [-0.05, 0) is 68.7 Å². The van der Waals surface area contributed by atoms with Crippen LogP contribution in [0, 0.1) is 6.92 Å². The van der Waals surface area contributed by atoms with Crippen molar-refractivity contribution >= 4 is 50.7 Å². The molecule has 0 saturated heterocycles. The number of sulfonamides is 1. The second-order valence-corrected chi connectivity index (χ2v) is 13.5. The molecule has 40 heavy (non-hydrogen) atoms. The van der Waals surface area contributed by atoms with Gasteiger partial charge in [0.05, 0.1) is 22.0 Å². The second kappa shape index (κ2) is 13.1. The second-order valence-electron chi connectivity index (χ2n) is 10.8. The Morgan fingerprint density at radius 2 is 1.57 bits per heavy atom. The van der Waals surface area contributed by atoms with Gasteiger partial charge in [-0.3, -0.25) is 13.9 Å². The molecule has 0 unspecified atom stereocenters. The van der Waals surface area contributed by atoms with Gasteiger partial charge in [0.1, 0.15) is 12.6 Å². The van der Waals surface area contributed by atoms with Gasteiger partial charge < -0.3 is 10.2 Å². The predicted octanol–water partition coefficient (Wildman–Crippen LogP) is 5.62. The first-order chi connectivity index (χ1) is 18.6. The summed E-state index contributed by atoms with van der Waals surface area (Å²) in [6.07, 6.45) is 1.28. The van der Waals surface area contributed by atoms with E-state index in [0.29, 0.717) is 21.3 Å². The van der Waals surface area contributed by atoms with Crippen LogP contribution in [0.5, 0.6) is 0 Å². The van der Waals surface area contributed by atoms with Crippen LogP contribution in [0.4, 0.5) is 5.69 Å². The third-order valence-electron chi connectivity index (χ3n) is 6.08. The first-order valence-corrected chi connectivity index (χ1v) is 15.4. The van der Waals surface area contributed by atoms with Crippen molar-refractivity contribution in [3.63, 3.8) is 0 Å². The fraction of sp³-hybridized carbons (Fsp3) is 0.333. The van der Waals surface area contributed by atoms with Crippen LogP contribution in [-0.4, -0.2) is 49.5 Å². The van der Waals surface area contributed by atoms with Gasteiger partial charge in [0.25, 0.3) is 0 Å². The molecule has 10 heteroatoms. The van der Waals surface area contributed by atoms with Crippen LogP contribution in [0.3, 0.4) is 0 Å². The van der Waals surface area contributed by atoms with E-state index in [9.17, 15) is 18.0 Å². The van der Waals surface area contributed by atoms with Gasteiger partial charge >= 0.3 is 0 Å². The lowest BCUT2D eigenvalue weighted by atomic mass is 10.0. The molecule has 0 saturated carbocycles. The molecular formula is C30H35Cl2N3O4S. The van der Waals surface area contributed by atoms with Crippen molar-refractivity contribution in [1.82, 2.24) is 10.2 Å². The number of hydrogen-bond acceptors (Lipinski definition) is 4. The maximum Gasteiger partial charge on any atom is 0.244 e. The van der Waals surface area contributed by atoms with Crippen molar-refractivity contribution in [3.05, 3.63) is 99.5 Å². The Kier molecular flexibility index (Phi) is 10.3. The SMILES string of the molecule is Cc1cccc(N(CC(=O)N(Cc2ccc(Cl)c(Cl)c2)[C@H](Cc2ccccc2)C(=O)NC(C)(C)C)S(C)(=O)=O)c1. The first kappa shape index (κ1) is 31.5. The lowest BCUT2D eigenvalue weighted by Crippen LogP contribution is -2.56. The summed E-state index contributed by atoms with van der Waals surface area (Å²) in [6.45, 7) is 6.94. The van der Waals surface area contributed by atoms with Crippen LogP contribution in [0.15, 0.2) is 72.8 Å². The van der Waals surface area contributed by atoms with Crippen molar-refractivity contribution in [2.24, 2.45) is 0 Å². The van der Waals surface area contributed by atoms with Crippen molar-refractivity contribution < 1.29 is 18.0 Å². The minimum absolute atomic E-state index is 0.0101. The molecule has 1 N–H and O–H groups in total. The molecular weight excluding hydrogens is 569 g/mol. The maximum atomic E-state index is 14.1. The summed E-state index contributed by atoms with van der Waals surface area (Å²) >= 11 is 12.4. The summed E-state index contributed by atoms with van der Waals surface area (Å²) in [6, 6.07) is 20.3. The summed E-state index contributed by atoms with van der Waals surface area (Å²) < 4.78 is 26.8. The Balaban J connectivity index is 2.09. The number of amides is 2. The first-order valence-electron chi connectivity index (χ1n) is 12.8. The van der Waals surface area contributed by atoms with Gasteiger partial charge in [-0.25, -0.2) is 8.42 Å². The number of nitrogens with one attached hydrogen (secondary N) is 1. The number of benzene rings is 3. The maximum absolute atomic E-state index is 14.1. The highest BCUT2D eigenvalue weighted by molar-refractivity contribution is 7.92. The van der Waals surface area contributed by atoms with Crippen molar-refractivity contribution in [1.29, 1.82) is 0 Å². The number of carbonyl (C=O) groups excluding carboxylic acids is 2. The highest BCUT2D eigenvalue weighted by Gasteiger charge is 2.34. The average molecular weight is 605 g/mol. The summed E-state index contributed by atoms with van der Waals surface area (Å²) in [4.78, 5) is 29.2. The molecule has 0 aliphatic carbocycles. The average Bonchev–Trinajstić information content (AvgIpc) is 2.85. The molecule has 0 spiro atoms. The lowest BCUT2D eigenvalue weighted by molar-refractivity contribution is -0.140. The van der Waals surface area contributed by atoms with E-state index in [0.717, 1.165) is 21.7 Å². The van der Waals surface area contributed by atoms with Crippen molar-refractivity contribution in [2.45, 2.75) is 52.2 Å². The van der Waals surface area contributed by atoms with E-state index in [1.807, 2.05) is 64.1 Å². The zero-order valence-electron chi connectivity index (χ0n) is 23.3. The molecule has 0 fully saturated rings. The Labute approximate surface area is 247 Å². The predicted molar refractivity (Wildman–Crippen MR) is 162 cm³/mol. The van der Waals surface area contributed by atoms with E-state index in [1.54, 1.807) is 36.4 Å². The Hall–Kier alpha value is -3.07. The number of carbonyl (C=O) groups is 2. The Morgan fingerprint density at radius 3 is 2.15 bits per heavy atom. The fourth-order valence-corrected chi connectivity index (χ4v) is 5.40. The Bertz CT molecular complexity index is 1460. The molecule has 2 amide bonds. The zero-order valence-corrected chi connectivity index (χ0v) is 25.6. The lowest BCUT2D eigenvalue weighted by Gasteiger charge is -2.35. The van der Waals surface area contributed by atoms with Crippen LogP contribution in [0.2, 0.25) is 10.0 Å². The van der Waals surface area contributed by atoms with E-state index < -0.39 is 34.1 Å². The van der Waals surface area contributed by atoms with E-state index in [-0.39, 0.29) is 18.9 Å². The van der Waals surface area contributed by atoms with Gasteiger partial charge in [-0.2, -0.15) is 0 Å². The molecule has 214 valence electrons. The molecule has 3 rings (SSSR count). The topological polar surface area (TPSA) is 86.8 Å². The largest absolute Gasteiger partial charge is 0.350 e. The quantitative estimate of drug-likeness (QED) is 0.326. The molecule has 0 aliphatic heterocycles. The number of halogens is 2. The monoisotopic (exact) mass is 603 g/mol. The van der Waals surface area contributed by atoms with Crippen LogP contribution in [0.25, 0.3) is 0 Å². The molecule has 0 aliphatic rings. The number of hydrogen-bond donors (Lipinski definition) is 1. The fourth-order valence-electron chi connectivity index (χ4n) is 4.24. The molecule has 0 radical (unpaired) electrons. The molecule has 3 aromatic rings. The summed E-state index contributed by atoms with van der Waals surface area (Å²) in [5, 5.41) is 3.66. The number of aryl methyl sites for hydroxylation is 1. The molecule has 1 atom stereocenters. The third-order valence-corrected chi connectivity index (χ3v) is 7.95. The minimum Gasteiger partial charge on any atom is -0.350 e. The van der Waals surface area contributed by atoms with E-state index in [4.69, 9.17) is 23.2 Å². The molecule has 0 heterocycles. The van der Waals surface area contributed by atoms with E-state index in [1.165, 1.54) is 4.90 Å². The number of rotatable bonds is 10. The summed E-state index contributed by atoms with van der Waals surface area (Å²) in [7, 11) is -3.84. The van der Waals surface area contributed by atoms with Crippen molar-refractivity contribution in [2.75, 3.05) is 17.1 Å². The molecule has 0 bridgehead atoms. The number of anilines is 1. The van der Waals surface area contributed by atoms with Crippen LogP contribution >= 0.6 is 23.2 Å². The van der Waals surface area contributed by atoms with Crippen LogP contribution in [0.1, 0.15) is 37.5 Å². The van der Waals surface area contributed by atoms with Gasteiger partial charge in [-0.1, -0.05) is 71.7 Å². The molecule has 3 aromatic carbocycles. The Morgan fingerprint density at radius 1 is 0.900 bits per heavy atom. The normalized spacial score (nSPS) is 12.5. The van der Waals surface area contributed by atoms with Crippen LogP contribution < -0.4 is 9.62 Å². The summed E-state index contributed by atoms with van der Waals surface area (Å²) in [5.41, 5.74) is 2.14. The zero-order chi connectivity index (χ0) is 29.7. The third kappa shape index (κ3) is 8.98. The van der Waals surface area contributed by atoms with Crippen molar-refractivity contribution in [3.8, 4) is 0 Å². The van der Waals surface area contributed by atoms with Gasteiger partial charge in [-0.15, -0.1) is 0 Å².